The van der Waals surface area contributed by atoms with Gasteiger partial charge in [-0.15, -0.1) is 0 Å². The van der Waals surface area contributed by atoms with E-state index in [0.717, 1.165) is 5.56 Å². The van der Waals surface area contributed by atoms with Crippen LogP contribution in [0.3, 0.4) is 0 Å². The number of esters is 1. The molecule has 0 aliphatic rings. The summed E-state index contributed by atoms with van der Waals surface area (Å²) in [6.07, 6.45) is 0. The third-order valence-electron chi connectivity index (χ3n) is 2.83. The fourth-order valence-corrected chi connectivity index (χ4v) is 1.82. The molecule has 0 aliphatic carbocycles. The maximum Gasteiger partial charge on any atom is 0.319 e. The molecular formula is C14H19ClN2O3. The van der Waals surface area contributed by atoms with Gasteiger partial charge in [0.2, 0.25) is 5.91 Å². The van der Waals surface area contributed by atoms with Crippen LogP contribution in [-0.2, 0) is 20.9 Å². The summed E-state index contributed by atoms with van der Waals surface area (Å²) in [5, 5.41) is 3.40. The van der Waals surface area contributed by atoms with E-state index in [2.05, 4.69) is 10.1 Å². The Balaban J connectivity index is 2.42. The highest BCUT2D eigenvalue weighted by molar-refractivity contribution is 6.31. The number of hydrogen-bond acceptors (Lipinski definition) is 4. The van der Waals surface area contributed by atoms with Crippen LogP contribution in [0.25, 0.3) is 0 Å². The van der Waals surface area contributed by atoms with Gasteiger partial charge in [-0.25, -0.2) is 0 Å². The monoisotopic (exact) mass is 298 g/mol. The van der Waals surface area contributed by atoms with E-state index in [0.29, 0.717) is 18.1 Å². The van der Waals surface area contributed by atoms with E-state index < -0.39 is 0 Å². The van der Waals surface area contributed by atoms with Crippen LogP contribution in [0.2, 0.25) is 5.02 Å². The summed E-state index contributed by atoms with van der Waals surface area (Å²) in [7, 11) is 1.33. The number of carbonyl (C=O) groups excluding carboxylic acids is 2. The normalized spacial score (nSPS) is 10.4. The van der Waals surface area contributed by atoms with Crippen molar-refractivity contribution in [2.24, 2.45) is 0 Å². The van der Waals surface area contributed by atoms with E-state index in [1.807, 2.05) is 25.1 Å². The molecule has 6 heteroatoms. The van der Waals surface area contributed by atoms with Crippen molar-refractivity contribution in [1.29, 1.82) is 0 Å². The summed E-state index contributed by atoms with van der Waals surface area (Å²) in [6.45, 7) is 3.09. The number of benzene rings is 1. The number of carbonyl (C=O) groups is 2. The van der Waals surface area contributed by atoms with E-state index in [4.69, 9.17) is 11.6 Å². The summed E-state index contributed by atoms with van der Waals surface area (Å²) in [5.74, 6) is -0.513. The van der Waals surface area contributed by atoms with Gasteiger partial charge >= 0.3 is 5.97 Å². The van der Waals surface area contributed by atoms with Gasteiger partial charge in [-0.3, -0.25) is 14.5 Å². The molecule has 0 unspecified atom stereocenters. The predicted octanol–water partition coefficient (Wildman–Crippen LogP) is 1.45. The molecule has 5 nitrogen and oxygen atoms in total. The standard InChI is InChI=1S/C14H19ClN2O3/c1-3-17(10-14(19)20-2)9-13(18)16-8-11-6-4-5-7-12(11)15/h4-7H,3,8-10H2,1-2H3,(H,16,18). The van der Waals surface area contributed by atoms with Gasteiger partial charge in [0.05, 0.1) is 20.2 Å². The fraction of sp³-hybridized carbons (Fsp3) is 0.429. The predicted molar refractivity (Wildman–Crippen MR) is 77.4 cm³/mol. The van der Waals surface area contributed by atoms with Crippen LogP contribution in [0.5, 0.6) is 0 Å². The van der Waals surface area contributed by atoms with Crippen LogP contribution in [0.4, 0.5) is 0 Å². The number of ether oxygens (including phenoxy) is 1. The lowest BCUT2D eigenvalue weighted by atomic mass is 10.2. The Kier molecular flexibility index (Phi) is 7.04. The first-order chi connectivity index (χ1) is 9.56. The minimum atomic E-state index is -0.356. The molecule has 0 radical (unpaired) electrons. The highest BCUT2D eigenvalue weighted by Crippen LogP contribution is 2.14. The molecule has 0 saturated heterocycles. The summed E-state index contributed by atoms with van der Waals surface area (Å²) in [6, 6.07) is 7.33. The van der Waals surface area contributed by atoms with Gasteiger partial charge in [-0.05, 0) is 18.2 Å². The van der Waals surface area contributed by atoms with Gasteiger partial charge in [0.15, 0.2) is 0 Å². The number of rotatable bonds is 7. The lowest BCUT2D eigenvalue weighted by Gasteiger charge is -2.18. The van der Waals surface area contributed by atoms with Crippen molar-refractivity contribution in [3.05, 3.63) is 34.9 Å². The van der Waals surface area contributed by atoms with E-state index >= 15 is 0 Å². The Bertz CT molecular complexity index is 465. The summed E-state index contributed by atoms with van der Waals surface area (Å²) in [4.78, 5) is 24.7. The molecule has 1 N–H and O–H groups in total. The number of halogens is 1. The average Bonchev–Trinajstić information content (AvgIpc) is 2.45. The van der Waals surface area contributed by atoms with Crippen molar-refractivity contribution in [3.8, 4) is 0 Å². The first-order valence-electron chi connectivity index (χ1n) is 6.36. The van der Waals surface area contributed by atoms with Gasteiger partial charge in [0.1, 0.15) is 0 Å². The maximum atomic E-state index is 11.8. The molecule has 0 fully saturated rings. The number of hydrogen-bond donors (Lipinski definition) is 1. The number of amides is 1. The quantitative estimate of drug-likeness (QED) is 0.774. The topological polar surface area (TPSA) is 58.6 Å². The lowest BCUT2D eigenvalue weighted by molar-refractivity contribution is -0.142. The molecule has 0 spiro atoms. The van der Waals surface area contributed by atoms with Crippen molar-refractivity contribution in [3.63, 3.8) is 0 Å². The second-order valence-corrected chi connectivity index (χ2v) is 4.65. The number of methoxy groups -OCH3 is 1. The molecule has 1 amide bonds. The molecule has 0 atom stereocenters. The van der Waals surface area contributed by atoms with Crippen LogP contribution in [0, 0.1) is 0 Å². The molecular weight excluding hydrogens is 280 g/mol. The van der Waals surface area contributed by atoms with Gasteiger partial charge in [0.25, 0.3) is 0 Å². The van der Waals surface area contributed by atoms with Crippen LogP contribution in [0.15, 0.2) is 24.3 Å². The third kappa shape index (κ3) is 5.59. The first-order valence-corrected chi connectivity index (χ1v) is 6.73. The molecule has 110 valence electrons. The molecule has 0 heterocycles. The molecule has 0 saturated carbocycles. The van der Waals surface area contributed by atoms with Crippen molar-refractivity contribution >= 4 is 23.5 Å². The van der Waals surface area contributed by atoms with Crippen LogP contribution < -0.4 is 5.32 Å². The lowest BCUT2D eigenvalue weighted by Crippen LogP contribution is -2.39. The Morgan fingerprint density at radius 1 is 1.30 bits per heavy atom. The minimum absolute atomic E-state index is 0.104. The fourth-order valence-electron chi connectivity index (χ4n) is 1.62. The highest BCUT2D eigenvalue weighted by atomic mass is 35.5. The molecule has 1 aromatic carbocycles. The zero-order valence-electron chi connectivity index (χ0n) is 11.7. The largest absolute Gasteiger partial charge is 0.468 e. The molecule has 20 heavy (non-hydrogen) atoms. The molecule has 0 aromatic heterocycles. The molecule has 1 rings (SSSR count). The van der Waals surface area contributed by atoms with E-state index in [9.17, 15) is 9.59 Å². The van der Waals surface area contributed by atoms with Crippen LogP contribution in [-0.4, -0.2) is 43.5 Å². The van der Waals surface area contributed by atoms with Gasteiger partial charge in [-0.2, -0.15) is 0 Å². The number of likely N-dealkylation sites (N-methyl/N-ethyl adjacent to an activating group) is 1. The van der Waals surface area contributed by atoms with Crippen LogP contribution >= 0.6 is 11.6 Å². The Morgan fingerprint density at radius 2 is 2.00 bits per heavy atom. The Labute approximate surface area is 123 Å². The van der Waals surface area contributed by atoms with E-state index in [-0.39, 0.29) is 25.0 Å². The second kappa shape index (κ2) is 8.55. The summed E-state index contributed by atoms with van der Waals surface area (Å²) >= 11 is 6.01. The zero-order valence-corrected chi connectivity index (χ0v) is 12.4. The first kappa shape index (κ1) is 16.5. The number of nitrogens with one attached hydrogen (secondary N) is 1. The smallest absolute Gasteiger partial charge is 0.319 e. The Hall–Kier alpha value is -1.59. The Morgan fingerprint density at radius 3 is 2.60 bits per heavy atom. The molecule has 0 aliphatic heterocycles. The average molecular weight is 299 g/mol. The van der Waals surface area contributed by atoms with E-state index in [1.165, 1.54) is 7.11 Å². The van der Waals surface area contributed by atoms with Gasteiger partial charge in [-0.1, -0.05) is 36.7 Å². The van der Waals surface area contributed by atoms with Crippen molar-refractivity contribution in [2.45, 2.75) is 13.5 Å². The summed E-state index contributed by atoms with van der Waals surface area (Å²) in [5.41, 5.74) is 0.860. The SMILES string of the molecule is CCN(CC(=O)NCc1ccccc1Cl)CC(=O)OC. The molecule has 0 bridgehead atoms. The van der Waals surface area contributed by atoms with Crippen molar-refractivity contribution in [1.82, 2.24) is 10.2 Å². The van der Waals surface area contributed by atoms with Crippen molar-refractivity contribution < 1.29 is 14.3 Å². The summed E-state index contributed by atoms with van der Waals surface area (Å²) < 4.78 is 4.58. The van der Waals surface area contributed by atoms with Crippen LogP contribution in [0.1, 0.15) is 12.5 Å². The second-order valence-electron chi connectivity index (χ2n) is 4.25. The van der Waals surface area contributed by atoms with E-state index in [1.54, 1.807) is 11.0 Å². The number of nitrogens with zero attached hydrogens (tertiary/aromatic N) is 1. The third-order valence-corrected chi connectivity index (χ3v) is 3.20. The minimum Gasteiger partial charge on any atom is -0.468 e. The maximum absolute atomic E-state index is 11.8. The molecule has 1 aromatic rings. The van der Waals surface area contributed by atoms with Crippen molar-refractivity contribution in [2.75, 3.05) is 26.7 Å². The van der Waals surface area contributed by atoms with Gasteiger partial charge in [0, 0.05) is 11.6 Å². The zero-order chi connectivity index (χ0) is 15.0. The highest BCUT2D eigenvalue weighted by Gasteiger charge is 2.13. The van der Waals surface area contributed by atoms with Gasteiger partial charge < -0.3 is 10.1 Å².